The normalized spacial score (nSPS) is 10.2. The fourth-order valence-electron chi connectivity index (χ4n) is 1.43. The fraction of sp³-hybridized carbons (Fsp3) is 0.182. The van der Waals surface area contributed by atoms with Crippen LogP contribution in [0.4, 0.5) is 0 Å². The number of nitrogens with one attached hydrogen (secondary N) is 1. The molecule has 88 valence electrons. The number of hydrogen-bond acceptors (Lipinski definition) is 3. The van der Waals surface area contributed by atoms with Crippen molar-refractivity contribution in [3.8, 4) is 0 Å². The lowest BCUT2D eigenvalue weighted by Crippen LogP contribution is -2.26. The first-order valence-corrected chi connectivity index (χ1v) is 5.39. The molecular formula is C11H11ClN4O. The van der Waals surface area contributed by atoms with Crippen LogP contribution in [-0.2, 0) is 6.54 Å². The second-order valence-electron chi connectivity index (χ2n) is 3.64. The number of hydrogen-bond donors (Lipinski definition) is 1. The number of nitrogens with zero attached hydrogens (tertiary/aromatic N) is 3. The van der Waals surface area contributed by atoms with Gasteiger partial charge in [0.2, 0.25) is 0 Å². The Bertz CT molecular complexity index is 495. The van der Waals surface area contributed by atoms with Crippen molar-refractivity contribution in [1.82, 2.24) is 20.1 Å². The van der Waals surface area contributed by atoms with Crippen molar-refractivity contribution in [2.45, 2.75) is 6.54 Å². The molecule has 2 rings (SSSR count). The number of carbonyl (C=O) groups excluding carboxylic acids is 1. The van der Waals surface area contributed by atoms with Gasteiger partial charge in [0.1, 0.15) is 5.15 Å². The Morgan fingerprint density at radius 3 is 2.88 bits per heavy atom. The molecule has 0 atom stereocenters. The number of pyridine rings is 1. The van der Waals surface area contributed by atoms with Gasteiger partial charge in [0.25, 0.3) is 5.91 Å². The molecule has 0 aliphatic rings. The molecule has 0 fully saturated rings. The van der Waals surface area contributed by atoms with Gasteiger partial charge in [-0.05, 0) is 12.1 Å². The molecule has 0 saturated carbocycles. The van der Waals surface area contributed by atoms with E-state index >= 15 is 0 Å². The summed E-state index contributed by atoms with van der Waals surface area (Å²) in [6.07, 6.45) is 4.91. The lowest BCUT2D eigenvalue weighted by Gasteiger charge is -2.15. The first-order valence-electron chi connectivity index (χ1n) is 5.01. The van der Waals surface area contributed by atoms with Crippen molar-refractivity contribution >= 4 is 17.5 Å². The van der Waals surface area contributed by atoms with E-state index in [-0.39, 0.29) is 5.91 Å². The topological polar surface area (TPSA) is 61.9 Å². The summed E-state index contributed by atoms with van der Waals surface area (Å²) in [5.74, 6) is -0.102. The molecule has 0 aromatic carbocycles. The van der Waals surface area contributed by atoms with E-state index in [0.29, 0.717) is 17.3 Å². The van der Waals surface area contributed by atoms with Crippen molar-refractivity contribution in [2.75, 3.05) is 7.05 Å². The summed E-state index contributed by atoms with van der Waals surface area (Å²) in [5, 5.41) is 6.90. The van der Waals surface area contributed by atoms with Crippen LogP contribution in [0.25, 0.3) is 0 Å². The Labute approximate surface area is 103 Å². The van der Waals surface area contributed by atoms with Crippen molar-refractivity contribution < 1.29 is 4.79 Å². The molecule has 17 heavy (non-hydrogen) atoms. The first kappa shape index (κ1) is 11.6. The van der Waals surface area contributed by atoms with Crippen LogP contribution in [0.3, 0.4) is 0 Å². The average Bonchev–Trinajstić information content (AvgIpc) is 2.82. The summed E-state index contributed by atoms with van der Waals surface area (Å²) >= 11 is 5.66. The molecule has 0 radical (unpaired) electrons. The van der Waals surface area contributed by atoms with Crippen LogP contribution in [0.1, 0.15) is 15.9 Å². The zero-order chi connectivity index (χ0) is 12.3. The molecule has 5 nitrogen and oxygen atoms in total. The largest absolute Gasteiger partial charge is 0.337 e. The summed E-state index contributed by atoms with van der Waals surface area (Å²) in [6.45, 7) is 0.498. The Morgan fingerprint density at radius 1 is 1.47 bits per heavy atom. The summed E-state index contributed by atoms with van der Waals surface area (Å²) in [6, 6.07) is 3.25. The third-order valence-corrected chi connectivity index (χ3v) is 2.52. The number of aromatic amines is 1. The molecule has 2 heterocycles. The minimum absolute atomic E-state index is 0.102. The molecule has 0 bridgehead atoms. The maximum Gasteiger partial charge on any atom is 0.255 e. The molecule has 0 aliphatic heterocycles. The highest BCUT2D eigenvalue weighted by atomic mass is 35.5. The Kier molecular flexibility index (Phi) is 3.39. The predicted octanol–water partition coefficient (Wildman–Crippen LogP) is 1.73. The maximum atomic E-state index is 12.0. The number of amides is 1. The third-order valence-electron chi connectivity index (χ3n) is 2.30. The standard InChI is InChI=1S/C11H11ClN4O/c1-16(7-8-4-14-15-5-8)11(17)9-2-3-10(12)13-6-9/h2-6H,7H2,1H3,(H,14,15). The molecule has 0 unspecified atom stereocenters. The number of rotatable bonds is 3. The van der Waals surface area contributed by atoms with Crippen LogP contribution in [0.2, 0.25) is 5.15 Å². The van der Waals surface area contributed by atoms with Gasteiger partial charge in [0.15, 0.2) is 0 Å². The van der Waals surface area contributed by atoms with Crippen molar-refractivity contribution in [1.29, 1.82) is 0 Å². The average molecular weight is 251 g/mol. The zero-order valence-electron chi connectivity index (χ0n) is 9.22. The van der Waals surface area contributed by atoms with Gasteiger partial charge in [-0.25, -0.2) is 4.98 Å². The van der Waals surface area contributed by atoms with Crippen LogP contribution in [0, 0.1) is 0 Å². The van der Waals surface area contributed by atoms with Gasteiger partial charge in [0, 0.05) is 31.5 Å². The van der Waals surface area contributed by atoms with Gasteiger partial charge in [-0.15, -0.1) is 0 Å². The van der Waals surface area contributed by atoms with E-state index in [1.165, 1.54) is 6.20 Å². The Morgan fingerprint density at radius 2 is 2.29 bits per heavy atom. The van der Waals surface area contributed by atoms with E-state index in [9.17, 15) is 4.79 Å². The quantitative estimate of drug-likeness (QED) is 0.844. The Balaban J connectivity index is 2.07. The highest BCUT2D eigenvalue weighted by Crippen LogP contribution is 2.09. The van der Waals surface area contributed by atoms with E-state index in [2.05, 4.69) is 15.2 Å². The zero-order valence-corrected chi connectivity index (χ0v) is 9.98. The van der Waals surface area contributed by atoms with Crippen LogP contribution in [0.15, 0.2) is 30.7 Å². The van der Waals surface area contributed by atoms with Gasteiger partial charge >= 0.3 is 0 Å². The highest BCUT2D eigenvalue weighted by molar-refractivity contribution is 6.29. The molecule has 6 heteroatoms. The minimum atomic E-state index is -0.102. The fourth-order valence-corrected chi connectivity index (χ4v) is 1.54. The highest BCUT2D eigenvalue weighted by Gasteiger charge is 2.12. The molecule has 0 aliphatic carbocycles. The van der Waals surface area contributed by atoms with Gasteiger partial charge in [-0.2, -0.15) is 5.10 Å². The predicted molar refractivity (Wildman–Crippen MR) is 63.6 cm³/mol. The van der Waals surface area contributed by atoms with Gasteiger partial charge in [0.05, 0.1) is 11.8 Å². The van der Waals surface area contributed by atoms with Crippen LogP contribution >= 0.6 is 11.6 Å². The molecule has 1 N–H and O–H groups in total. The monoisotopic (exact) mass is 250 g/mol. The van der Waals surface area contributed by atoms with Crippen LogP contribution in [0.5, 0.6) is 0 Å². The molecular weight excluding hydrogens is 240 g/mol. The van der Waals surface area contributed by atoms with E-state index in [4.69, 9.17) is 11.6 Å². The van der Waals surface area contributed by atoms with Gasteiger partial charge in [-0.3, -0.25) is 9.89 Å². The van der Waals surface area contributed by atoms with Crippen molar-refractivity contribution in [3.63, 3.8) is 0 Å². The summed E-state index contributed by atoms with van der Waals surface area (Å²) in [7, 11) is 1.73. The SMILES string of the molecule is CN(Cc1cn[nH]c1)C(=O)c1ccc(Cl)nc1. The number of carbonyl (C=O) groups is 1. The minimum Gasteiger partial charge on any atom is -0.337 e. The first-order chi connectivity index (χ1) is 8.16. The molecule has 0 saturated heterocycles. The van der Waals surface area contributed by atoms with Gasteiger partial charge < -0.3 is 4.90 Å². The van der Waals surface area contributed by atoms with Crippen molar-refractivity contribution in [3.05, 3.63) is 47.0 Å². The van der Waals surface area contributed by atoms with E-state index in [0.717, 1.165) is 5.56 Å². The lowest BCUT2D eigenvalue weighted by molar-refractivity contribution is 0.0784. The summed E-state index contributed by atoms with van der Waals surface area (Å²) < 4.78 is 0. The lowest BCUT2D eigenvalue weighted by atomic mass is 10.2. The number of aromatic nitrogens is 3. The van der Waals surface area contributed by atoms with E-state index in [1.807, 2.05) is 0 Å². The van der Waals surface area contributed by atoms with E-state index < -0.39 is 0 Å². The maximum absolute atomic E-state index is 12.0. The second-order valence-corrected chi connectivity index (χ2v) is 4.02. The second kappa shape index (κ2) is 4.97. The third kappa shape index (κ3) is 2.82. The molecule has 2 aromatic rings. The molecule has 0 spiro atoms. The molecule has 2 aromatic heterocycles. The smallest absolute Gasteiger partial charge is 0.255 e. The number of halogens is 1. The Hall–Kier alpha value is -1.88. The molecule has 1 amide bonds. The summed E-state index contributed by atoms with van der Waals surface area (Å²) in [4.78, 5) is 17.5. The number of H-pyrrole nitrogens is 1. The van der Waals surface area contributed by atoms with E-state index in [1.54, 1.807) is 36.5 Å². The van der Waals surface area contributed by atoms with Crippen LogP contribution < -0.4 is 0 Å². The van der Waals surface area contributed by atoms with Gasteiger partial charge in [-0.1, -0.05) is 11.6 Å². The van der Waals surface area contributed by atoms with Crippen molar-refractivity contribution in [2.24, 2.45) is 0 Å². The summed E-state index contributed by atoms with van der Waals surface area (Å²) in [5.41, 5.74) is 1.46. The van der Waals surface area contributed by atoms with Crippen LogP contribution in [-0.4, -0.2) is 33.0 Å².